The number of hydrogen-bond donors (Lipinski definition) is 1. The van der Waals surface area contributed by atoms with E-state index < -0.39 is 17.7 Å². The van der Waals surface area contributed by atoms with Crippen molar-refractivity contribution in [3.63, 3.8) is 0 Å². The molecule has 0 atom stereocenters. The summed E-state index contributed by atoms with van der Waals surface area (Å²) in [6.45, 7) is 2.92. The molecule has 9 heteroatoms. The summed E-state index contributed by atoms with van der Waals surface area (Å²) in [6, 6.07) is 19.0. The number of likely N-dealkylation sites (tertiary alicyclic amines) is 1. The molecule has 0 saturated carbocycles. The predicted molar refractivity (Wildman–Crippen MR) is 154 cm³/mol. The number of nitrogens with zero attached hydrogens (tertiary/aromatic N) is 3. The first-order chi connectivity index (χ1) is 20.1. The molecule has 218 valence electrons. The molecule has 0 radical (unpaired) electrons. The van der Waals surface area contributed by atoms with Crippen LogP contribution in [0.15, 0.2) is 66.7 Å². The normalized spacial score (nSPS) is 14.3. The van der Waals surface area contributed by atoms with Crippen LogP contribution in [0.4, 0.5) is 13.2 Å². The van der Waals surface area contributed by atoms with Crippen molar-refractivity contribution in [3.8, 4) is 11.3 Å². The number of amides is 1. The van der Waals surface area contributed by atoms with Crippen LogP contribution < -0.4 is 0 Å². The topological polar surface area (TPSA) is 83.4 Å². The van der Waals surface area contributed by atoms with E-state index in [4.69, 9.17) is 15.1 Å². The number of fused-ring (bicyclic) bond motifs is 1. The zero-order chi connectivity index (χ0) is 29.9. The van der Waals surface area contributed by atoms with Gasteiger partial charge in [-0.05, 0) is 86.4 Å². The smallest absolute Gasteiger partial charge is 0.416 e. The molecule has 3 aromatic carbocycles. The van der Waals surface area contributed by atoms with Crippen LogP contribution in [-0.2, 0) is 17.4 Å². The second-order valence-electron chi connectivity index (χ2n) is 10.8. The van der Waals surface area contributed by atoms with E-state index in [0.717, 1.165) is 25.0 Å². The number of aryl methyl sites for hydroxylation is 2. The fraction of sp³-hybridized carbons (Fsp3) is 0.333. The van der Waals surface area contributed by atoms with Crippen molar-refractivity contribution in [2.45, 2.75) is 57.5 Å². The number of carboxylic acid groups (broad SMARTS) is 1. The van der Waals surface area contributed by atoms with E-state index in [0.29, 0.717) is 77.4 Å². The van der Waals surface area contributed by atoms with Gasteiger partial charge in [-0.3, -0.25) is 9.59 Å². The predicted octanol–water partition coefficient (Wildman–Crippen LogP) is 7.44. The van der Waals surface area contributed by atoms with Crippen LogP contribution in [0, 0.1) is 6.92 Å². The summed E-state index contributed by atoms with van der Waals surface area (Å²) in [5.74, 6) is -0.543. The van der Waals surface area contributed by atoms with Crippen molar-refractivity contribution in [2.24, 2.45) is 0 Å². The van der Waals surface area contributed by atoms with Crippen molar-refractivity contribution < 1.29 is 27.9 Å². The Morgan fingerprint density at radius 1 is 0.929 bits per heavy atom. The first-order valence-electron chi connectivity index (χ1n) is 14.1. The number of carboxylic acids is 1. The van der Waals surface area contributed by atoms with Gasteiger partial charge in [0.15, 0.2) is 0 Å². The Balaban J connectivity index is 1.42. The molecule has 1 N–H and O–H groups in total. The highest BCUT2D eigenvalue weighted by molar-refractivity contribution is 5.97. The fourth-order valence-electron chi connectivity index (χ4n) is 5.61. The lowest BCUT2D eigenvalue weighted by Crippen LogP contribution is -2.37. The monoisotopic (exact) mass is 575 g/mol. The van der Waals surface area contributed by atoms with Crippen molar-refractivity contribution in [1.82, 2.24) is 14.9 Å². The minimum Gasteiger partial charge on any atom is -0.481 e. The molecule has 1 aromatic heterocycles. The molecule has 1 aliphatic rings. The molecule has 1 amide bonds. The highest BCUT2D eigenvalue weighted by atomic mass is 19.4. The number of halogens is 3. The van der Waals surface area contributed by atoms with Gasteiger partial charge in [0.25, 0.3) is 5.91 Å². The number of benzene rings is 3. The Hall–Kier alpha value is -4.27. The maximum Gasteiger partial charge on any atom is 0.416 e. The highest BCUT2D eigenvalue weighted by Crippen LogP contribution is 2.35. The van der Waals surface area contributed by atoms with Gasteiger partial charge in [0.2, 0.25) is 0 Å². The van der Waals surface area contributed by atoms with Gasteiger partial charge < -0.3 is 10.0 Å². The summed E-state index contributed by atoms with van der Waals surface area (Å²) in [5.41, 5.74) is 4.07. The van der Waals surface area contributed by atoms with E-state index in [1.165, 1.54) is 11.6 Å². The SMILES string of the molecule is Cc1cc(C(F)(F)F)ccc1-c1nc2ccc(C(=O)N3CCC(c4ccccc4)CC3)cc2nc1CCCCC(=O)O. The van der Waals surface area contributed by atoms with Crippen LogP contribution in [0.25, 0.3) is 22.3 Å². The number of unbranched alkanes of at least 4 members (excludes halogenated alkanes) is 1. The minimum absolute atomic E-state index is 0.00919. The molecule has 5 rings (SSSR count). The van der Waals surface area contributed by atoms with Crippen LogP contribution in [0.3, 0.4) is 0 Å². The summed E-state index contributed by atoms with van der Waals surface area (Å²) >= 11 is 0. The van der Waals surface area contributed by atoms with Gasteiger partial charge in [0.05, 0.1) is 28.0 Å². The Morgan fingerprint density at radius 3 is 2.33 bits per heavy atom. The Morgan fingerprint density at radius 2 is 1.67 bits per heavy atom. The molecule has 1 saturated heterocycles. The lowest BCUT2D eigenvalue weighted by atomic mass is 9.89. The first-order valence-corrected chi connectivity index (χ1v) is 14.1. The number of carbonyl (C=O) groups is 2. The quantitative estimate of drug-likeness (QED) is 0.221. The first kappa shape index (κ1) is 29.2. The second kappa shape index (κ2) is 12.3. The van der Waals surface area contributed by atoms with Gasteiger partial charge in [-0.15, -0.1) is 0 Å². The van der Waals surface area contributed by atoms with Crippen molar-refractivity contribution in [3.05, 3.63) is 94.7 Å². The van der Waals surface area contributed by atoms with Crippen LogP contribution >= 0.6 is 0 Å². The number of piperidine rings is 1. The van der Waals surface area contributed by atoms with E-state index in [2.05, 4.69) is 12.1 Å². The van der Waals surface area contributed by atoms with E-state index >= 15 is 0 Å². The molecular weight excluding hydrogens is 543 g/mol. The second-order valence-corrected chi connectivity index (χ2v) is 10.8. The van der Waals surface area contributed by atoms with Gasteiger partial charge in [0, 0.05) is 30.6 Å². The summed E-state index contributed by atoms with van der Waals surface area (Å²) in [5, 5.41) is 9.02. The third-order valence-electron chi connectivity index (χ3n) is 7.90. The number of aliphatic carboxylic acids is 1. The number of aromatic nitrogens is 2. The molecule has 2 heterocycles. The Labute approximate surface area is 242 Å². The van der Waals surface area contributed by atoms with E-state index in [9.17, 15) is 22.8 Å². The molecule has 6 nitrogen and oxygen atoms in total. The number of hydrogen-bond acceptors (Lipinski definition) is 4. The molecule has 4 aromatic rings. The third-order valence-corrected chi connectivity index (χ3v) is 7.90. The van der Waals surface area contributed by atoms with Crippen LogP contribution in [-0.4, -0.2) is 44.9 Å². The summed E-state index contributed by atoms with van der Waals surface area (Å²) in [6.07, 6.45) is -1.32. The van der Waals surface area contributed by atoms with E-state index in [1.807, 2.05) is 23.1 Å². The maximum atomic E-state index is 13.4. The number of alkyl halides is 3. The molecule has 1 fully saturated rings. The molecule has 0 bridgehead atoms. The van der Waals surface area contributed by atoms with Gasteiger partial charge >= 0.3 is 12.1 Å². The van der Waals surface area contributed by atoms with Crippen molar-refractivity contribution >= 4 is 22.9 Å². The van der Waals surface area contributed by atoms with E-state index in [-0.39, 0.29) is 12.3 Å². The van der Waals surface area contributed by atoms with Crippen molar-refractivity contribution in [1.29, 1.82) is 0 Å². The zero-order valence-electron chi connectivity index (χ0n) is 23.3. The molecular formula is C33H32F3N3O3. The summed E-state index contributed by atoms with van der Waals surface area (Å²) in [7, 11) is 0. The molecule has 0 aliphatic carbocycles. The van der Waals surface area contributed by atoms with Crippen LogP contribution in [0.1, 0.15) is 70.8 Å². The van der Waals surface area contributed by atoms with E-state index in [1.54, 1.807) is 25.1 Å². The molecule has 0 unspecified atom stereocenters. The lowest BCUT2D eigenvalue weighted by molar-refractivity contribution is -0.138. The summed E-state index contributed by atoms with van der Waals surface area (Å²) < 4.78 is 39.9. The van der Waals surface area contributed by atoms with Crippen molar-refractivity contribution in [2.75, 3.05) is 13.1 Å². The number of rotatable bonds is 8. The maximum absolute atomic E-state index is 13.4. The Kier molecular flexibility index (Phi) is 8.56. The largest absolute Gasteiger partial charge is 0.481 e. The number of carbonyl (C=O) groups excluding carboxylic acids is 1. The third kappa shape index (κ3) is 6.61. The zero-order valence-corrected chi connectivity index (χ0v) is 23.3. The summed E-state index contributed by atoms with van der Waals surface area (Å²) in [4.78, 5) is 35.9. The van der Waals surface area contributed by atoms with Gasteiger partial charge in [-0.1, -0.05) is 36.4 Å². The van der Waals surface area contributed by atoms with Gasteiger partial charge in [0.1, 0.15) is 0 Å². The van der Waals surface area contributed by atoms with Crippen LogP contribution in [0.5, 0.6) is 0 Å². The standard InChI is InChI=1S/C33H32F3N3O3/c1-21-19-25(33(34,35)36)12-13-26(21)31-28(9-5-6-10-30(40)41)37-29-20-24(11-14-27(29)38-31)32(42)39-17-15-23(16-18-39)22-7-3-2-4-8-22/h2-4,7-8,11-14,19-20,23H,5-6,9-10,15-18H2,1H3,(H,40,41). The molecule has 1 aliphatic heterocycles. The molecule has 0 spiro atoms. The average molecular weight is 576 g/mol. The highest BCUT2D eigenvalue weighted by Gasteiger charge is 2.31. The molecule has 42 heavy (non-hydrogen) atoms. The van der Waals surface area contributed by atoms with Crippen LogP contribution in [0.2, 0.25) is 0 Å². The van der Waals surface area contributed by atoms with Gasteiger partial charge in [-0.25, -0.2) is 9.97 Å². The average Bonchev–Trinajstić information content (AvgIpc) is 2.98. The lowest BCUT2D eigenvalue weighted by Gasteiger charge is -2.32. The van der Waals surface area contributed by atoms with Gasteiger partial charge in [-0.2, -0.15) is 13.2 Å². The Bertz CT molecular complexity index is 1600. The minimum atomic E-state index is -4.46. The fourth-order valence-corrected chi connectivity index (χ4v) is 5.61.